The molecule has 0 unspecified atom stereocenters. The predicted octanol–water partition coefficient (Wildman–Crippen LogP) is 7.20. The lowest BCUT2D eigenvalue weighted by atomic mass is 10.0. The summed E-state index contributed by atoms with van der Waals surface area (Å²) in [4.78, 5) is 11.4. The van der Waals surface area contributed by atoms with E-state index in [-0.39, 0.29) is 5.75 Å². The van der Waals surface area contributed by atoms with Gasteiger partial charge in [-0.05, 0) is 65.9 Å². The molecule has 3 aromatic rings. The molecule has 0 fully saturated rings. The Morgan fingerprint density at radius 3 is 2.10 bits per heavy atom. The number of benzene rings is 3. The summed E-state index contributed by atoms with van der Waals surface area (Å²) in [6.07, 6.45) is -0.795. The number of carbonyl (C=O) groups excluding carboxylic acids is 1. The fourth-order valence-corrected chi connectivity index (χ4v) is 2.98. The molecule has 30 heavy (non-hydrogen) atoms. The molecule has 0 saturated heterocycles. The summed E-state index contributed by atoms with van der Waals surface area (Å²) < 4.78 is 46.8. The zero-order chi connectivity index (χ0) is 21.6. The highest BCUT2D eigenvalue weighted by Gasteiger charge is 2.30. The number of hydrogen-bond donors (Lipinski definition) is 0. The van der Waals surface area contributed by atoms with E-state index in [9.17, 15) is 18.0 Å². The summed E-state index contributed by atoms with van der Waals surface area (Å²) in [5.74, 6) is 0.680. The van der Waals surface area contributed by atoms with E-state index in [0.717, 1.165) is 19.3 Å². The maximum absolute atomic E-state index is 12.3. The van der Waals surface area contributed by atoms with Crippen molar-refractivity contribution in [3.05, 3.63) is 77.9 Å². The maximum Gasteiger partial charge on any atom is 0.573 e. The van der Waals surface area contributed by atoms with Gasteiger partial charge in [0.15, 0.2) is 6.29 Å². The first-order valence-electron chi connectivity index (χ1n) is 9.60. The van der Waals surface area contributed by atoms with Gasteiger partial charge in [-0.3, -0.25) is 4.79 Å². The molecule has 6 heteroatoms. The van der Waals surface area contributed by atoms with Crippen molar-refractivity contribution in [3.8, 4) is 28.4 Å². The van der Waals surface area contributed by atoms with Crippen LogP contribution in [0.1, 0.15) is 35.7 Å². The molecule has 0 aliphatic carbocycles. The van der Waals surface area contributed by atoms with Crippen molar-refractivity contribution in [3.63, 3.8) is 0 Å². The molecule has 0 amide bonds. The number of hydrogen-bond acceptors (Lipinski definition) is 3. The minimum atomic E-state index is -4.74. The first-order valence-corrected chi connectivity index (χ1v) is 9.60. The number of aldehydes is 1. The lowest BCUT2D eigenvalue weighted by molar-refractivity contribution is -0.274. The Kier molecular flexibility index (Phi) is 6.77. The van der Waals surface area contributed by atoms with Crippen molar-refractivity contribution >= 4 is 6.29 Å². The van der Waals surface area contributed by atoms with E-state index < -0.39 is 6.36 Å². The van der Waals surface area contributed by atoms with Gasteiger partial charge in [-0.1, -0.05) is 43.7 Å². The summed E-state index contributed by atoms with van der Waals surface area (Å²) >= 11 is 0. The summed E-state index contributed by atoms with van der Waals surface area (Å²) in [6.45, 7) is 2.14. The lowest BCUT2D eigenvalue weighted by Crippen LogP contribution is -2.16. The van der Waals surface area contributed by atoms with Crippen molar-refractivity contribution in [1.82, 2.24) is 0 Å². The van der Waals surface area contributed by atoms with Crippen LogP contribution in [0.25, 0.3) is 11.1 Å². The molecule has 0 atom stereocenters. The van der Waals surface area contributed by atoms with Gasteiger partial charge < -0.3 is 9.47 Å². The van der Waals surface area contributed by atoms with Gasteiger partial charge in [0, 0.05) is 0 Å². The van der Waals surface area contributed by atoms with E-state index in [0.29, 0.717) is 34.5 Å². The molecule has 3 nitrogen and oxygen atoms in total. The SMILES string of the molecule is CCCCc1ccc(Oc2cc(-c3ccc(OC(F)(F)F)cc3)ccc2C=O)cc1. The topological polar surface area (TPSA) is 35.5 Å². The minimum absolute atomic E-state index is 0.296. The highest BCUT2D eigenvalue weighted by molar-refractivity contribution is 5.82. The number of halogens is 3. The highest BCUT2D eigenvalue weighted by atomic mass is 19.4. The Bertz CT molecular complexity index is 978. The monoisotopic (exact) mass is 414 g/mol. The van der Waals surface area contributed by atoms with Crippen LogP contribution in [0.2, 0.25) is 0 Å². The van der Waals surface area contributed by atoms with E-state index in [1.54, 1.807) is 18.2 Å². The van der Waals surface area contributed by atoms with Gasteiger partial charge in [-0.2, -0.15) is 0 Å². The summed E-state index contributed by atoms with van der Waals surface area (Å²) in [5.41, 5.74) is 2.97. The molecule has 3 aromatic carbocycles. The quantitative estimate of drug-likeness (QED) is 0.366. The van der Waals surface area contributed by atoms with Gasteiger partial charge in [-0.25, -0.2) is 0 Å². The van der Waals surface area contributed by atoms with Gasteiger partial charge in [0.25, 0.3) is 0 Å². The Balaban J connectivity index is 1.80. The van der Waals surface area contributed by atoms with Crippen LogP contribution in [-0.4, -0.2) is 12.6 Å². The van der Waals surface area contributed by atoms with Gasteiger partial charge in [0.2, 0.25) is 0 Å². The average molecular weight is 414 g/mol. The van der Waals surface area contributed by atoms with E-state index in [4.69, 9.17) is 4.74 Å². The fourth-order valence-electron chi connectivity index (χ4n) is 2.98. The molecule has 0 aliphatic heterocycles. The van der Waals surface area contributed by atoms with Crippen molar-refractivity contribution in [2.24, 2.45) is 0 Å². The van der Waals surface area contributed by atoms with E-state index in [2.05, 4.69) is 11.7 Å². The molecule has 0 aliphatic rings. The number of aryl methyl sites for hydroxylation is 1. The summed E-state index contributed by atoms with van der Waals surface area (Å²) in [7, 11) is 0. The second-order valence-electron chi connectivity index (χ2n) is 6.79. The van der Waals surface area contributed by atoms with Crippen molar-refractivity contribution in [1.29, 1.82) is 0 Å². The Hall–Kier alpha value is -3.28. The van der Waals surface area contributed by atoms with Crippen LogP contribution in [0.4, 0.5) is 13.2 Å². The molecule has 3 rings (SSSR count). The lowest BCUT2D eigenvalue weighted by Gasteiger charge is -2.12. The number of carbonyl (C=O) groups is 1. The predicted molar refractivity (Wildman–Crippen MR) is 109 cm³/mol. The van der Waals surface area contributed by atoms with E-state index >= 15 is 0 Å². The Labute approximate surface area is 173 Å². The van der Waals surface area contributed by atoms with Crippen LogP contribution >= 0.6 is 0 Å². The van der Waals surface area contributed by atoms with Gasteiger partial charge in [-0.15, -0.1) is 13.2 Å². The van der Waals surface area contributed by atoms with Crippen molar-refractivity contribution in [2.45, 2.75) is 32.5 Å². The van der Waals surface area contributed by atoms with E-state index in [1.165, 1.54) is 29.8 Å². The van der Waals surface area contributed by atoms with Crippen molar-refractivity contribution < 1.29 is 27.4 Å². The third-order valence-electron chi connectivity index (χ3n) is 4.53. The van der Waals surface area contributed by atoms with Crippen molar-refractivity contribution in [2.75, 3.05) is 0 Å². The second kappa shape index (κ2) is 9.48. The molecule has 0 radical (unpaired) electrons. The van der Waals surface area contributed by atoms with E-state index in [1.807, 2.05) is 24.3 Å². The largest absolute Gasteiger partial charge is 0.573 e. The summed E-state index contributed by atoms with van der Waals surface area (Å²) in [5, 5.41) is 0. The summed E-state index contributed by atoms with van der Waals surface area (Å²) in [6, 6.07) is 18.2. The molecule has 156 valence electrons. The molecule has 0 saturated carbocycles. The molecule has 0 bridgehead atoms. The Morgan fingerprint density at radius 2 is 1.50 bits per heavy atom. The van der Waals surface area contributed by atoms with Crippen LogP contribution in [0.3, 0.4) is 0 Å². The van der Waals surface area contributed by atoms with Gasteiger partial charge in [0.1, 0.15) is 17.2 Å². The first-order chi connectivity index (χ1) is 14.4. The molecule has 0 aromatic heterocycles. The molecular formula is C24H21F3O3. The fraction of sp³-hybridized carbons (Fsp3) is 0.208. The standard InChI is InChI=1S/C24H21F3O3/c1-2-3-4-17-5-11-21(12-6-17)29-23-15-19(7-8-20(23)16-28)18-9-13-22(14-10-18)30-24(25,26)27/h5-16H,2-4H2,1H3. The molecule has 0 heterocycles. The molecule has 0 spiro atoms. The van der Waals surface area contributed by atoms with Crippen LogP contribution < -0.4 is 9.47 Å². The minimum Gasteiger partial charge on any atom is -0.457 e. The highest BCUT2D eigenvalue weighted by Crippen LogP contribution is 2.32. The number of unbranched alkanes of at least 4 members (excludes halogenated alkanes) is 1. The normalized spacial score (nSPS) is 11.2. The zero-order valence-corrected chi connectivity index (χ0v) is 16.4. The Morgan fingerprint density at radius 1 is 0.867 bits per heavy atom. The van der Waals surface area contributed by atoms with Crippen LogP contribution in [0.15, 0.2) is 66.7 Å². The second-order valence-corrected chi connectivity index (χ2v) is 6.79. The third kappa shape index (κ3) is 5.86. The zero-order valence-electron chi connectivity index (χ0n) is 16.4. The molecular weight excluding hydrogens is 393 g/mol. The smallest absolute Gasteiger partial charge is 0.457 e. The number of rotatable bonds is 8. The number of ether oxygens (including phenoxy) is 2. The van der Waals surface area contributed by atoms with Gasteiger partial charge >= 0.3 is 6.36 Å². The number of alkyl halides is 3. The first kappa shape index (κ1) is 21.4. The van der Waals surface area contributed by atoms with Crippen LogP contribution in [0, 0.1) is 0 Å². The maximum atomic E-state index is 12.3. The molecule has 0 N–H and O–H groups in total. The van der Waals surface area contributed by atoms with Gasteiger partial charge in [0.05, 0.1) is 5.56 Å². The third-order valence-corrected chi connectivity index (χ3v) is 4.53. The average Bonchev–Trinajstić information content (AvgIpc) is 2.72. The van der Waals surface area contributed by atoms with Crippen LogP contribution in [0.5, 0.6) is 17.2 Å². The van der Waals surface area contributed by atoms with Crippen LogP contribution in [-0.2, 0) is 6.42 Å².